The van der Waals surface area contributed by atoms with Crippen molar-refractivity contribution in [1.82, 2.24) is 5.32 Å². The van der Waals surface area contributed by atoms with E-state index in [1.54, 1.807) is 6.07 Å². The molecule has 1 N–H and O–H groups in total. The van der Waals surface area contributed by atoms with Gasteiger partial charge in [-0.15, -0.1) is 11.3 Å². The molecule has 0 saturated carbocycles. The van der Waals surface area contributed by atoms with Crippen LogP contribution in [-0.4, -0.2) is 6.54 Å². The molecule has 2 aromatic rings. The number of hydrogen-bond donors (Lipinski definition) is 1. The van der Waals surface area contributed by atoms with Gasteiger partial charge in [0.2, 0.25) is 0 Å². The first kappa shape index (κ1) is 14.2. The summed E-state index contributed by atoms with van der Waals surface area (Å²) in [5, 5.41) is 3.50. The number of benzene rings is 1. The van der Waals surface area contributed by atoms with E-state index in [9.17, 15) is 4.39 Å². The maximum absolute atomic E-state index is 13.4. The largest absolute Gasteiger partial charge is 0.306 e. The van der Waals surface area contributed by atoms with Crippen LogP contribution >= 0.6 is 11.3 Å². The summed E-state index contributed by atoms with van der Waals surface area (Å²) < 4.78 is 13.4. The summed E-state index contributed by atoms with van der Waals surface area (Å²) in [6.45, 7) is 9.06. The number of thiophene rings is 1. The molecular weight excluding hydrogens is 257 g/mol. The lowest BCUT2D eigenvalue weighted by molar-refractivity contribution is 0.606. The first-order valence-electron chi connectivity index (χ1n) is 6.59. The Labute approximate surface area is 118 Å². The predicted molar refractivity (Wildman–Crippen MR) is 80.4 cm³/mol. The fourth-order valence-corrected chi connectivity index (χ4v) is 3.36. The van der Waals surface area contributed by atoms with E-state index >= 15 is 0 Å². The van der Waals surface area contributed by atoms with Gasteiger partial charge in [-0.05, 0) is 56.1 Å². The Morgan fingerprint density at radius 2 is 1.95 bits per heavy atom. The number of halogens is 1. The van der Waals surface area contributed by atoms with Crippen molar-refractivity contribution >= 4 is 11.3 Å². The average Bonchev–Trinajstić information content (AvgIpc) is 2.69. The van der Waals surface area contributed by atoms with Crippen LogP contribution in [-0.2, 0) is 0 Å². The lowest BCUT2D eigenvalue weighted by Crippen LogP contribution is -2.22. The quantitative estimate of drug-likeness (QED) is 0.867. The molecule has 0 radical (unpaired) electrons. The third kappa shape index (κ3) is 3.04. The average molecular weight is 277 g/mol. The highest BCUT2D eigenvalue weighted by atomic mass is 32.1. The van der Waals surface area contributed by atoms with Gasteiger partial charge >= 0.3 is 0 Å². The summed E-state index contributed by atoms with van der Waals surface area (Å²) in [6.07, 6.45) is 0. The molecule has 0 fully saturated rings. The summed E-state index contributed by atoms with van der Waals surface area (Å²) in [4.78, 5) is 2.64. The van der Waals surface area contributed by atoms with Crippen LogP contribution < -0.4 is 5.32 Å². The van der Waals surface area contributed by atoms with Crippen LogP contribution in [0.4, 0.5) is 4.39 Å². The highest BCUT2D eigenvalue weighted by molar-refractivity contribution is 7.12. The topological polar surface area (TPSA) is 12.0 Å². The highest BCUT2D eigenvalue weighted by Gasteiger charge is 2.17. The number of rotatable bonds is 4. The van der Waals surface area contributed by atoms with E-state index in [-0.39, 0.29) is 11.9 Å². The maximum Gasteiger partial charge on any atom is 0.126 e. The normalized spacial score (nSPS) is 12.7. The van der Waals surface area contributed by atoms with Gasteiger partial charge in [0.25, 0.3) is 0 Å². The zero-order chi connectivity index (χ0) is 14.0. The Morgan fingerprint density at radius 3 is 2.47 bits per heavy atom. The van der Waals surface area contributed by atoms with Gasteiger partial charge in [0.05, 0.1) is 6.04 Å². The lowest BCUT2D eigenvalue weighted by Gasteiger charge is -2.19. The lowest BCUT2D eigenvalue weighted by atomic mass is 9.97. The molecule has 0 aliphatic heterocycles. The van der Waals surface area contributed by atoms with Gasteiger partial charge in [-0.3, -0.25) is 0 Å². The molecule has 1 nitrogen and oxygen atoms in total. The van der Waals surface area contributed by atoms with Crippen molar-refractivity contribution in [2.45, 2.75) is 33.7 Å². The molecule has 2 rings (SSSR count). The molecule has 0 bridgehead atoms. The maximum atomic E-state index is 13.4. The van der Waals surface area contributed by atoms with Gasteiger partial charge < -0.3 is 5.32 Å². The Bertz CT molecular complexity index is 574. The SMILES string of the molecule is CCNC(c1ccc(F)c(C)c1)c1cc(C)sc1C. The number of aryl methyl sites for hydroxylation is 3. The molecule has 1 atom stereocenters. The summed E-state index contributed by atoms with van der Waals surface area (Å²) in [6, 6.07) is 7.75. The van der Waals surface area contributed by atoms with Gasteiger partial charge in [-0.2, -0.15) is 0 Å². The van der Waals surface area contributed by atoms with Gasteiger partial charge in [0, 0.05) is 9.75 Å². The number of nitrogens with one attached hydrogen (secondary N) is 1. The summed E-state index contributed by atoms with van der Waals surface area (Å²) >= 11 is 1.81. The van der Waals surface area contributed by atoms with Crippen molar-refractivity contribution in [3.63, 3.8) is 0 Å². The molecule has 1 aromatic heterocycles. The van der Waals surface area contributed by atoms with Crippen LogP contribution in [0.1, 0.15) is 39.4 Å². The Hall–Kier alpha value is -1.19. The molecule has 0 amide bonds. The second kappa shape index (κ2) is 5.85. The smallest absolute Gasteiger partial charge is 0.126 e. The molecule has 3 heteroatoms. The van der Waals surface area contributed by atoms with Gasteiger partial charge in [-0.1, -0.05) is 19.1 Å². The molecule has 1 aromatic carbocycles. The van der Waals surface area contributed by atoms with Gasteiger partial charge in [0.15, 0.2) is 0 Å². The van der Waals surface area contributed by atoms with E-state index in [0.717, 1.165) is 12.1 Å². The second-order valence-corrected chi connectivity index (χ2v) is 6.33. The van der Waals surface area contributed by atoms with E-state index in [2.05, 4.69) is 32.2 Å². The molecule has 19 heavy (non-hydrogen) atoms. The fourth-order valence-electron chi connectivity index (χ4n) is 2.40. The Morgan fingerprint density at radius 1 is 1.21 bits per heavy atom. The first-order chi connectivity index (χ1) is 9.02. The second-order valence-electron chi connectivity index (χ2n) is 4.87. The standard InChI is InChI=1S/C16H20FNS/c1-5-18-16(14-9-11(3)19-12(14)4)13-6-7-15(17)10(2)8-13/h6-9,16,18H,5H2,1-4H3. The van der Waals surface area contributed by atoms with E-state index in [0.29, 0.717) is 5.56 Å². The minimum absolute atomic E-state index is 0.141. The third-order valence-electron chi connectivity index (χ3n) is 3.31. The van der Waals surface area contributed by atoms with Crippen molar-refractivity contribution < 1.29 is 4.39 Å². The number of hydrogen-bond acceptors (Lipinski definition) is 2. The Kier molecular flexibility index (Phi) is 4.38. The van der Waals surface area contributed by atoms with E-state index in [1.807, 2.05) is 30.4 Å². The van der Waals surface area contributed by atoms with Crippen LogP contribution in [0.15, 0.2) is 24.3 Å². The molecular formula is C16H20FNS. The van der Waals surface area contributed by atoms with E-state index < -0.39 is 0 Å². The van der Waals surface area contributed by atoms with Crippen molar-refractivity contribution in [2.75, 3.05) is 6.54 Å². The van der Waals surface area contributed by atoms with E-state index in [4.69, 9.17) is 0 Å². The molecule has 0 aliphatic carbocycles. The van der Waals surface area contributed by atoms with Crippen LogP contribution in [0.2, 0.25) is 0 Å². The summed E-state index contributed by atoms with van der Waals surface area (Å²) in [7, 11) is 0. The minimum Gasteiger partial charge on any atom is -0.306 e. The van der Waals surface area contributed by atoms with Crippen molar-refractivity contribution in [3.05, 3.63) is 56.5 Å². The van der Waals surface area contributed by atoms with Crippen LogP contribution in [0.3, 0.4) is 0 Å². The minimum atomic E-state index is -0.141. The van der Waals surface area contributed by atoms with Gasteiger partial charge in [-0.25, -0.2) is 4.39 Å². The van der Waals surface area contributed by atoms with E-state index in [1.165, 1.54) is 15.3 Å². The Balaban J connectivity index is 2.44. The predicted octanol–water partition coefficient (Wildman–Crippen LogP) is 4.51. The van der Waals surface area contributed by atoms with Crippen molar-refractivity contribution in [3.8, 4) is 0 Å². The van der Waals surface area contributed by atoms with Gasteiger partial charge in [0.1, 0.15) is 5.82 Å². The molecule has 0 spiro atoms. The summed E-state index contributed by atoms with van der Waals surface area (Å²) in [5.74, 6) is -0.141. The fraction of sp³-hybridized carbons (Fsp3) is 0.375. The monoisotopic (exact) mass is 277 g/mol. The summed E-state index contributed by atoms with van der Waals surface area (Å²) in [5.41, 5.74) is 3.13. The molecule has 1 heterocycles. The first-order valence-corrected chi connectivity index (χ1v) is 7.41. The van der Waals surface area contributed by atoms with Crippen LogP contribution in [0.5, 0.6) is 0 Å². The molecule has 0 aliphatic rings. The highest BCUT2D eigenvalue weighted by Crippen LogP contribution is 2.31. The van der Waals surface area contributed by atoms with Crippen molar-refractivity contribution in [2.24, 2.45) is 0 Å². The molecule has 102 valence electrons. The van der Waals surface area contributed by atoms with Crippen LogP contribution in [0, 0.1) is 26.6 Å². The van der Waals surface area contributed by atoms with Crippen molar-refractivity contribution in [1.29, 1.82) is 0 Å². The molecule has 0 saturated heterocycles. The van der Waals surface area contributed by atoms with Crippen LogP contribution in [0.25, 0.3) is 0 Å². The zero-order valence-corrected chi connectivity index (χ0v) is 12.7. The third-order valence-corrected chi connectivity index (χ3v) is 4.30. The molecule has 1 unspecified atom stereocenters. The zero-order valence-electron chi connectivity index (χ0n) is 11.9.